The quantitative estimate of drug-likeness (QED) is 0.809. The zero-order valence-electron chi connectivity index (χ0n) is 11.4. The topological polar surface area (TPSA) is 32.3 Å². The summed E-state index contributed by atoms with van der Waals surface area (Å²) in [6.07, 6.45) is -4.70. The van der Waals surface area contributed by atoms with E-state index in [9.17, 15) is 26.7 Å². The summed E-state index contributed by atoms with van der Waals surface area (Å²) in [6.45, 7) is 4.19. The number of hydrogen-bond donors (Lipinski definition) is 1. The summed E-state index contributed by atoms with van der Waals surface area (Å²) in [6, 6.07) is 0.192. The van der Waals surface area contributed by atoms with Gasteiger partial charge in [-0.05, 0) is 25.3 Å². The van der Waals surface area contributed by atoms with Crippen LogP contribution < -0.4 is 5.32 Å². The van der Waals surface area contributed by atoms with Crippen molar-refractivity contribution in [1.29, 1.82) is 0 Å². The van der Waals surface area contributed by atoms with Crippen molar-refractivity contribution in [2.45, 2.75) is 44.8 Å². The highest BCUT2D eigenvalue weighted by Gasteiger charge is 2.64. The van der Waals surface area contributed by atoms with E-state index in [1.165, 1.54) is 0 Å². The van der Waals surface area contributed by atoms with Gasteiger partial charge in [0.2, 0.25) is 0 Å². The Kier molecular flexibility index (Phi) is 5.34. The number of piperidine rings is 1. The number of nitrogens with zero attached hydrogens (tertiary/aromatic N) is 1. The summed E-state index contributed by atoms with van der Waals surface area (Å²) in [5, 5.41) is 3.10. The Labute approximate surface area is 114 Å². The molecule has 1 amide bonds. The fourth-order valence-electron chi connectivity index (χ4n) is 2.14. The second-order valence-electron chi connectivity index (χ2n) is 5.39. The molecule has 1 unspecified atom stereocenters. The fraction of sp³-hybridized carbons (Fsp3) is 0.917. The SMILES string of the molecule is CC(C)NCC1CCCN(C(=O)C(F)(F)C(F)(F)F)C1. The molecular formula is C12H19F5N2O. The maximum Gasteiger partial charge on any atom is 0.463 e. The summed E-state index contributed by atoms with van der Waals surface area (Å²) >= 11 is 0. The zero-order chi connectivity index (χ0) is 15.6. The van der Waals surface area contributed by atoms with E-state index in [2.05, 4.69) is 5.32 Å². The minimum atomic E-state index is -5.84. The van der Waals surface area contributed by atoms with Crippen molar-refractivity contribution < 1.29 is 26.7 Å². The van der Waals surface area contributed by atoms with Crippen LogP contribution in [-0.4, -0.2) is 48.6 Å². The molecule has 0 aromatic carbocycles. The fourth-order valence-corrected chi connectivity index (χ4v) is 2.14. The van der Waals surface area contributed by atoms with Gasteiger partial charge in [0.25, 0.3) is 0 Å². The van der Waals surface area contributed by atoms with Crippen LogP contribution >= 0.6 is 0 Å². The molecule has 0 aliphatic carbocycles. The van der Waals surface area contributed by atoms with Crippen LogP contribution in [0.2, 0.25) is 0 Å². The average Bonchev–Trinajstić information content (AvgIpc) is 2.34. The van der Waals surface area contributed by atoms with Crippen LogP contribution in [0.15, 0.2) is 0 Å². The van der Waals surface area contributed by atoms with Gasteiger partial charge < -0.3 is 10.2 Å². The third-order valence-corrected chi connectivity index (χ3v) is 3.25. The highest BCUT2D eigenvalue weighted by molar-refractivity contribution is 5.84. The highest BCUT2D eigenvalue weighted by Crippen LogP contribution is 2.37. The Morgan fingerprint density at radius 1 is 1.30 bits per heavy atom. The van der Waals surface area contributed by atoms with Gasteiger partial charge in [-0.1, -0.05) is 13.8 Å². The summed E-state index contributed by atoms with van der Waals surface area (Å²) < 4.78 is 62.6. The summed E-state index contributed by atoms with van der Waals surface area (Å²) in [5.41, 5.74) is 0. The number of carbonyl (C=O) groups is 1. The lowest BCUT2D eigenvalue weighted by molar-refractivity contribution is -0.275. The van der Waals surface area contributed by atoms with Crippen LogP contribution in [0, 0.1) is 5.92 Å². The first-order valence-electron chi connectivity index (χ1n) is 6.53. The van der Waals surface area contributed by atoms with E-state index in [1.807, 2.05) is 13.8 Å². The predicted octanol–water partition coefficient (Wildman–Crippen LogP) is 2.42. The number of alkyl halides is 5. The van der Waals surface area contributed by atoms with Gasteiger partial charge in [0.1, 0.15) is 0 Å². The average molecular weight is 302 g/mol. The van der Waals surface area contributed by atoms with Gasteiger partial charge >= 0.3 is 18.0 Å². The number of hydrogen-bond acceptors (Lipinski definition) is 2. The van der Waals surface area contributed by atoms with E-state index >= 15 is 0 Å². The Morgan fingerprint density at radius 2 is 1.90 bits per heavy atom. The Morgan fingerprint density at radius 3 is 2.40 bits per heavy atom. The van der Waals surface area contributed by atoms with Gasteiger partial charge in [0.05, 0.1) is 0 Å². The summed E-state index contributed by atoms with van der Waals surface area (Å²) in [4.78, 5) is 12.0. The molecule has 1 fully saturated rings. The molecule has 1 aliphatic rings. The molecule has 118 valence electrons. The van der Waals surface area contributed by atoms with Gasteiger partial charge in [-0.25, -0.2) is 0 Å². The normalized spacial score (nSPS) is 21.4. The second kappa shape index (κ2) is 6.24. The molecule has 1 rings (SSSR count). The summed E-state index contributed by atoms with van der Waals surface area (Å²) in [7, 11) is 0. The van der Waals surface area contributed by atoms with Crippen molar-refractivity contribution in [2.24, 2.45) is 5.92 Å². The number of nitrogens with one attached hydrogen (secondary N) is 1. The van der Waals surface area contributed by atoms with Gasteiger partial charge in [-0.2, -0.15) is 22.0 Å². The number of halogens is 5. The number of likely N-dealkylation sites (tertiary alicyclic amines) is 1. The summed E-state index contributed by atoms with van der Waals surface area (Å²) in [5.74, 6) is -7.54. The van der Waals surface area contributed by atoms with Crippen LogP contribution in [0.3, 0.4) is 0 Å². The molecule has 1 heterocycles. The van der Waals surface area contributed by atoms with Crippen LogP contribution in [-0.2, 0) is 4.79 Å². The van der Waals surface area contributed by atoms with Gasteiger partial charge in [0, 0.05) is 19.1 Å². The molecule has 0 aromatic heterocycles. The lowest BCUT2D eigenvalue weighted by atomic mass is 9.97. The smallest absolute Gasteiger partial charge is 0.337 e. The van der Waals surface area contributed by atoms with E-state index in [4.69, 9.17) is 0 Å². The minimum Gasteiger partial charge on any atom is -0.337 e. The van der Waals surface area contributed by atoms with Crippen molar-refractivity contribution in [3.8, 4) is 0 Å². The molecule has 1 atom stereocenters. The van der Waals surface area contributed by atoms with Gasteiger partial charge in [0.15, 0.2) is 0 Å². The molecule has 0 aromatic rings. The van der Waals surface area contributed by atoms with Crippen LogP contribution in [0.1, 0.15) is 26.7 Å². The molecule has 1 N–H and O–H groups in total. The molecule has 0 spiro atoms. The van der Waals surface area contributed by atoms with E-state index in [-0.39, 0.29) is 25.0 Å². The van der Waals surface area contributed by atoms with Crippen LogP contribution in [0.5, 0.6) is 0 Å². The molecule has 1 saturated heterocycles. The van der Waals surface area contributed by atoms with Crippen molar-refractivity contribution in [3.05, 3.63) is 0 Å². The van der Waals surface area contributed by atoms with Gasteiger partial charge in [-0.3, -0.25) is 4.79 Å². The van der Waals surface area contributed by atoms with Crippen molar-refractivity contribution >= 4 is 5.91 Å². The molecule has 20 heavy (non-hydrogen) atoms. The van der Waals surface area contributed by atoms with E-state index < -0.39 is 18.0 Å². The highest BCUT2D eigenvalue weighted by atomic mass is 19.4. The van der Waals surface area contributed by atoms with E-state index in [1.54, 1.807) is 0 Å². The van der Waals surface area contributed by atoms with Crippen LogP contribution in [0.4, 0.5) is 22.0 Å². The first-order chi connectivity index (χ1) is 9.05. The monoisotopic (exact) mass is 302 g/mol. The Balaban J connectivity index is 2.65. The van der Waals surface area contributed by atoms with Gasteiger partial charge in [-0.15, -0.1) is 0 Å². The maximum atomic E-state index is 13.0. The Bertz CT molecular complexity index is 343. The van der Waals surface area contributed by atoms with Crippen LogP contribution in [0.25, 0.3) is 0 Å². The maximum absolute atomic E-state index is 13.0. The van der Waals surface area contributed by atoms with Crippen molar-refractivity contribution in [2.75, 3.05) is 19.6 Å². The molecule has 0 saturated carbocycles. The third kappa shape index (κ3) is 4.04. The zero-order valence-corrected chi connectivity index (χ0v) is 11.4. The number of amides is 1. The van der Waals surface area contributed by atoms with E-state index in [0.717, 1.165) is 0 Å². The number of carbonyl (C=O) groups excluding carboxylic acids is 1. The molecule has 8 heteroatoms. The van der Waals surface area contributed by atoms with Crippen molar-refractivity contribution in [1.82, 2.24) is 10.2 Å². The lowest BCUT2D eigenvalue weighted by Crippen LogP contribution is -2.55. The third-order valence-electron chi connectivity index (χ3n) is 3.25. The Hall–Kier alpha value is -0.920. The lowest BCUT2D eigenvalue weighted by Gasteiger charge is -2.35. The first-order valence-corrected chi connectivity index (χ1v) is 6.53. The predicted molar refractivity (Wildman–Crippen MR) is 63.4 cm³/mol. The minimum absolute atomic E-state index is 0.0529. The molecule has 0 radical (unpaired) electrons. The second-order valence-corrected chi connectivity index (χ2v) is 5.39. The molecule has 3 nitrogen and oxygen atoms in total. The molecule has 1 aliphatic heterocycles. The molecule has 0 bridgehead atoms. The molecular weight excluding hydrogens is 283 g/mol. The standard InChI is InChI=1S/C12H19F5N2O/c1-8(2)18-6-9-4-3-5-19(7-9)10(20)11(13,14)12(15,16)17/h8-9,18H,3-7H2,1-2H3. The van der Waals surface area contributed by atoms with Crippen molar-refractivity contribution in [3.63, 3.8) is 0 Å². The van der Waals surface area contributed by atoms with E-state index in [0.29, 0.717) is 24.3 Å². The first kappa shape index (κ1) is 17.1. The number of rotatable bonds is 4. The largest absolute Gasteiger partial charge is 0.463 e.